The number of aromatic nitrogens is 2. The third-order valence-electron chi connectivity index (χ3n) is 5.51. The summed E-state index contributed by atoms with van der Waals surface area (Å²) in [5.74, 6) is 0.225. The summed E-state index contributed by atoms with van der Waals surface area (Å²) >= 11 is 6.55. The van der Waals surface area contributed by atoms with Crippen molar-refractivity contribution in [1.82, 2.24) is 15.3 Å². The molecular weight excluding hydrogens is 438 g/mol. The summed E-state index contributed by atoms with van der Waals surface area (Å²) in [6, 6.07) is 21.4. The van der Waals surface area contributed by atoms with Crippen molar-refractivity contribution in [3.63, 3.8) is 0 Å². The van der Waals surface area contributed by atoms with Gasteiger partial charge in [-0.1, -0.05) is 41.9 Å². The standard InChI is InChI=1S/C26H20ClN3O3/c27-21-14-20(26(32)25-19(21)9-5-12-29-25)24(18-8-4-10-22-17(18)11-13-28-22)30-23(31)15-33-16-6-2-1-3-7-16/h1-14,24,28,32H,15H2,(H,30,31). The number of fused-ring (bicyclic) bond motifs is 2. The van der Waals surface area contributed by atoms with Gasteiger partial charge in [0.1, 0.15) is 17.0 Å². The number of carbonyl (C=O) groups excluding carboxylic acids is 1. The number of pyridine rings is 1. The zero-order chi connectivity index (χ0) is 22.8. The van der Waals surface area contributed by atoms with E-state index in [0.29, 0.717) is 27.2 Å². The normalized spacial score (nSPS) is 12.0. The van der Waals surface area contributed by atoms with Gasteiger partial charge in [0.05, 0.1) is 11.1 Å². The molecule has 33 heavy (non-hydrogen) atoms. The predicted molar refractivity (Wildman–Crippen MR) is 129 cm³/mol. The molecule has 0 radical (unpaired) electrons. The van der Waals surface area contributed by atoms with Gasteiger partial charge in [-0.05, 0) is 48.0 Å². The third kappa shape index (κ3) is 4.08. The molecule has 0 spiro atoms. The van der Waals surface area contributed by atoms with E-state index in [9.17, 15) is 9.90 Å². The molecule has 1 atom stereocenters. The highest BCUT2D eigenvalue weighted by Gasteiger charge is 2.25. The molecule has 0 fully saturated rings. The van der Waals surface area contributed by atoms with Gasteiger partial charge < -0.3 is 20.1 Å². The molecule has 5 rings (SSSR count). The lowest BCUT2D eigenvalue weighted by Crippen LogP contribution is -2.33. The Morgan fingerprint density at radius 3 is 2.73 bits per heavy atom. The molecule has 7 heteroatoms. The van der Waals surface area contributed by atoms with E-state index in [-0.39, 0.29) is 18.3 Å². The molecular formula is C26H20ClN3O3. The Morgan fingerprint density at radius 1 is 1.03 bits per heavy atom. The van der Waals surface area contributed by atoms with Crippen LogP contribution in [-0.4, -0.2) is 27.6 Å². The van der Waals surface area contributed by atoms with Gasteiger partial charge in [-0.15, -0.1) is 0 Å². The highest BCUT2D eigenvalue weighted by Crippen LogP contribution is 2.39. The van der Waals surface area contributed by atoms with Crippen molar-refractivity contribution in [2.24, 2.45) is 0 Å². The number of ether oxygens (including phenoxy) is 1. The fraction of sp³-hybridized carbons (Fsp3) is 0.0769. The molecule has 0 saturated heterocycles. The summed E-state index contributed by atoms with van der Waals surface area (Å²) in [6.07, 6.45) is 3.43. The van der Waals surface area contributed by atoms with Crippen molar-refractivity contribution in [3.8, 4) is 11.5 Å². The van der Waals surface area contributed by atoms with Crippen LogP contribution in [0.1, 0.15) is 17.2 Å². The van der Waals surface area contributed by atoms with Crippen LogP contribution in [0.5, 0.6) is 11.5 Å². The van der Waals surface area contributed by atoms with Crippen molar-refractivity contribution in [2.45, 2.75) is 6.04 Å². The number of hydrogen-bond donors (Lipinski definition) is 3. The smallest absolute Gasteiger partial charge is 0.258 e. The molecule has 5 aromatic rings. The van der Waals surface area contributed by atoms with Crippen LogP contribution in [-0.2, 0) is 4.79 Å². The molecule has 0 aliphatic rings. The maximum Gasteiger partial charge on any atom is 0.258 e. The van der Waals surface area contributed by atoms with Crippen molar-refractivity contribution < 1.29 is 14.6 Å². The van der Waals surface area contributed by atoms with E-state index in [0.717, 1.165) is 16.5 Å². The molecule has 2 heterocycles. The van der Waals surface area contributed by atoms with Crippen LogP contribution in [0.15, 0.2) is 85.2 Å². The first-order valence-electron chi connectivity index (χ1n) is 10.4. The largest absolute Gasteiger partial charge is 0.505 e. The summed E-state index contributed by atoms with van der Waals surface area (Å²) in [6.45, 7) is -0.177. The highest BCUT2D eigenvalue weighted by atomic mass is 35.5. The molecule has 6 nitrogen and oxygen atoms in total. The van der Waals surface area contributed by atoms with E-state index < -0.39 is 6.04 Å². The summed E-state index contributed by atoms with van der Waals surface area (Å²) < 4.78 is 5.62. The van der Waals surface area contributed by atoms with E-state index in [2.05, 4.69) is 15.3 Å². The van der Waals surface area contributed by atoms with Gasteiger partial charge in [-0.25, -0.2) is 0 Å². The molecule has 2 aromatic heterocycles. The summed E-state index contributed by atoms with van der Waals surface area (Å²) in [5, 5.41) is 16.1. The summed E-state index contributed by atoms with van der Waals surface area (Å²) in [5.41, 5.74) is 2.55. The summed E-state index contributed by atoms with van der Waals surface area (Å²) in [7, 11) is 0. The quantitative estimate of drug-likeness (QED) is 0.320. The Morgan fingerprint density at radius 2 is 1.88 bits per heavy atom. The predicted octanol–water partition coefficient (Wildman–Crippen LogP) is 5.36. The average molecular weight is 458 g/mol. The van der Waals surface area contributed by atoms with Crippen molar-refractivity contribution >= 4 is 39.3 Å². The Hall–Kier alpha value is -4.03. The number of rotatable bonds is 6. The number of aromatic amines is 1. The zero-order valence-corrected chi connectivity index (χ0v) is 18.2. The number of phenols is 1. The number of carbonyl (C=O) groups is 1. The Kier molecular flexibility index (Phi) is 5.59. The third-order valence-corrected chi connectivity index (χ3v) is 5.83. The van der Waals surface area contributed by atoms with Crippen LogP contribution in [0.25, 0.3) is 21.8 Å². The Balaban J connectivity index is 1.56. The second kappa shape index (κ2) is 8.84. The van der Waals surface area contributed by atoms with Gasteiger partial charge >= 0.3 is 0 Å². The number of benzene rings is 3. The Labute approximate surface area is 194 Å². The van der Waals surface area contributed by atoms with Gasteiger partial charge in [0.2, 0.25) is 0 Å². The molecule has 164 valence electrons. The Bertz CT molecular complexity index is 1450. The average Bonchev–Trinajstić information content (AvgIpc) is 3.34. The number of hydrogen-bond acceptors (Lipinski definition) is 4. The van der Waals surface area contributed by atoms with Crippen LogP contribution in [0, 0.1) is 0 Å². The fourth-order valence-electron chi connectivity index (χ4n) is 3.98. The first kappa shape index (κ1) is 20.8. The molecule has 1 amide bonds. The molecule has 3 N–H and O–H groups in total. The number of para-hydroxylation sites is 1. The van der Waals surface area contributed by atoms with E-state index in [4.69, 9.17) is 16.3 Å². The first-order chi connectivity index (χ1) is 16.1. The van der Waals surface area contributed by atoms with E-state index in [1.165, 1.54) is 0 Å². The monoisotopic (exact) mass is 457 g/mol. The molecule has 1 unspecified atom stereocenters. The van der Waals surface area contributed by atoms with Crippen LogP contribution < -0.4 is 10.1 Å². The number of halogens is 1. The van der Waals surface area contributed by atoms with Crippen molar-refractivity contribution in [3.05, 3.63) is 101 Å². The number of phenolic OH excluding ortho intramolecular Hbond substituents is 1. The maximum atomic E-state index is 12.9. The number of H-pyrrole nitrogens is 1. The SMILES string of the molecule is O=C(COc1ccccc1)NC(c1cc(Cl)c2cccnc2c1O)c1cccc2[nH]ccc12. The lowest BCUT2D eigenvalue weighted by molar-refractivity contribution is -0.123. The number of amides is 1. The zero-order valence-electron chi connectivity index (χ0n) is 17.5. The number of nitrogens with one attached hydrogen (secondary N) is 2. The lowest BCUT2D eigenvalue weighted by atomic mass is 9.94. The van der Waals surface area contributed by atoms with Gasteiger partial charge in [0.25, 0.3) is 5.91 Å². The van der Waals surface area contributed by atoms with Crippen LogP contribution >= 0.6 is 11.6 Å². The van der Waals surface area contributed by atoms with Crippen LogP contribution in [0.3, 0.4) is 0 Å². The van der Waals surface area contributed by atoms with Crippen LogP contribution in [0.4, 0.5) is 0 Å². The maximum absolute atomic E-state index is 12.9. The second-order valence-electron chi connectivity index (χ2n) is 7.58. The van der Waals surface area contributed by atoms with Gasteiger partial charge in [0.15, 0.2) is 6.61 Å². The van der Waals surface area contributed by atoms with Crippen LogP contribution in [0.2, 0.25) is 5.02 Å². The van der Waals surface area contributed by atoms with Crippen molar-refractivity contribution in [2.75, 3.05) is 6.61 Å². The van der Waals surface area contributed by atoms with Crippen molar-refractivity contribution in [1.29, 1.82) is 0 Å². The van der Waals surface area contributed by atoms with E-state index in [1.807, 2.05) is 48.7 Å². The number of nitrogens with zero attached hydrogens (tertiary/aromatic N) is 1. The lowest BCUT2D eigenvalue weighted by Gasteiger charge is -2.23. The minimum absolute atomic E-state index is 0.0307. The van der Waals surface area contributed by atoms with E-state index >= 15 is 0 Å². The van der Waals surface area contributed by atoms with Gasteiger partial charge in [0, 0.05) is 34.2 Å². The highest BCUT2D eigenvalue weighted by molar-refractivity contribution is 6.35. The molecule has 0 bridgehead atoms. The molecule has 3 aromatic carbocycles. The number of aromatic hydroxyl groups is 1. The van der Waals surface area contributed by atoms with Gasteiger partial charge in [-0.3, -0.25) is 9.78 Å². The van der Waals surface area contributed by atoms with Gasteiger partial charge in [-0.2, -0.15) is 0 Å². The molecule has 0 aliphatic carbocycles. The summed E-state index contributed by atoms with van der Waals surface area (Å²) in [4.78, 5) is 20.4. The minimum atomic E-state index is -0.680. The molecule has 0 saturated carbocycles. The minimum Gasteiger partial charge on any atom is -0.505 e. The molecule has 0 aliphatic heterocycles. The first-order valence-corrected chi connectivity index (χ1v) is 10.8. The van der Waals surface area contributed by atoms with E-state index in [1.54, 1.807) is 36.5 Å². The topological polar surface area (TPSA) is 87.2 Å². The second-order valence-corrected chi connectivity index (χ2v) is 7.99. The fourth-order valence-corrected chi connectivity index (χ4v) is 4.25.